The van der Waals surface area contributed by atoms with Crippen LogP contribution < -0.4 is 5.32 Å². The monoisotopic (exact) mass is 222 g/mol. The van der Waals surface area contributed by atoms with Crippen molar-refractivity contribution in [2.24, 2.45) is 11.3 Å². The molecule has 0 amide bonds. The second-order valence-corrected chi connectivity index (χ2v) is 7.14. The maximum absolute atomic E-state index is 3.80. The number of hydrogen-bond donors (Lipinski definition) is 1. The molecule has 2 saturated carbocycles. The minimum atomic E-state index is 0.414. The zero-order chi connectivity index (χ0) is 11.4. The van der Waals surface area contributed by atoms with Crippen molar-refractivity contribution in [3.8, 4) is 0 Å². The Bertz CT molecular complexity index is 280. The van der Waals surface area contributed by atoms with Gasteiger partial charge in [0.1, 0.15) is 0 Å². The summed E-state index contributed by atoms with van der Waals surface area (Å²) in [6.07, 6.45) is 5.79. The summed E-state index contributed by atoms with van der Waals surface area (Å²) in [4.78, 5) is 2.75. The van der Waals surface area contributed by atoms with E-state index in [1.54, 1.807) is 0 Å². The van der Waals surface area contributed by atoms with Crippen molar-refractivity contribution < 1.29 is 0 Å². The molecule has 0 spiro atoms. The minimum Gasteiger partial charge on any atom is -0.308 e. The molecule has 1 N–H and O–H groups in total. The molecule has 16 heavy (non-hydrogen) atoms. The maximum Gasteiger partial charge on any atom is 0.0309 e. The number of nitrogens with zero attached hydrogens (tertiary/aromatic N) is 1. The molecule has 1 aliphatic heterocycles. The molecule has 2 atom stereocenters. The third-order valence-corrected chi connectivity index (χ3v) is 5.12. The summed E-state index contributed by atoms with van der Waals surface area (Å²) in [5.74, 6) is 0.953. The van der Waals surface area contributed by atoms with Crippen LogP contribution in [0.4, 0.5) is 0 Å². The zero-order valence-corrected chi connectivity index (χ0v) is 11.1. The first-order chi connectivity index (χ1) is 7.51. The van der Waals surface area contributed by atoms with Gasteiger partial charge >= 0.3 is 0 Å². The SMILES string of the molecule is CC1CNC(C)(C2CC2)CN1CC1(C)CC1. The number of piperazine rings is 1. The first kappa shape index (κ1) is 11.0. The molecule has 92 valence electrons. The van der Waals surface area contributed by atoms with Crippen LogP contribution in [0.15, 0.2) is 0 Å². The molecule has 0 aromatic heterocycles. The van der Waals surface area contributed by atoms with Crippen molar-refractivity contribution >= 4 is 0 Å². The van der Waals surface area contributed by atoms with Crippen molar-refractivity contribution in [1.29, 1.82) is 0 Å². The summed E-state index contributed by atoms with van der Waals surface area (Å²) >= 11 is 0. The predicted molar refractivity (Wildman–Crippen MR) is 67.5 cm³/mol. The normalized spacial score (nSPS) is 43.3. The van der Waals surface area contributed by atoms with Crippen LogP contribution in [0.5, 0.6) is 0 Å². The van der Waals surface area contributed by atoms with E-state index in [0.717, 1.165) is 12.0 Å². The van der Waals surface area contributed by atoms with Gasteiger partial charge in [0.2, 0.25) is 0 Å². The molecule has 0 aromatic carbocycles. The van der Waals surface area contributed by atoms with E-state index >= 15 is 0 Å². The highest BCUT2D eigenvalue weighted by Crippen LogP contribution is 2.47. The summed E-state index contributed by atoms with van der Waals surface area (Å²) in [7, 11) is 0. The molecule has 2 nitrogen and oxygen atoms in total. The molecule has 0 bridgehead atoms. The highest BCUT2D eigenvalue weighted by molar-refractivity contribution is 5.05. The zero-order valence-electron chi connectivity index (χ0n) is 11.1. The van der Waals surface area contributed by atoms with Crippen LogP contribution >= 0.6 is 0 Å². The number of rotatable bonds is 3. The molecule has 2 aliphatic carbocycles. The van der Waals surface area contributed by atoms with Crippen LogP contribution in [0, 0.1) is 11.3 Å². The van der Waals surface area contributed by atoms with E-state index in [-0.39, 0.29) is 0 Å². The van der Waals surface area contributed by atoms with Crippen molar-refractivity contribution in [2.75, 3.05) is 19.6 Å². The van der Waals surface area contributed by atoms with Crippen molar-refractivity contribution in [1.82, 2.24) is 10.2 Å². The first-order valence-corrected chi connectivity index (χ1v) is 7.00. The van der Waals surface area contributed by atoms with Gasteiger partial charge in [-0.3, -0.25) is 4.90 Å². The largest absolute Gasteiger partial charge is 0.308 e. The second-order valence-electron chi connectivity index (χ2n) is 7.14. The number of hydrogen-bond acceptors (Lipinski definition) is 2. The van der Waals surface area contributed by atoms with E-state index in [1.165, 1.54) is 45.3 Å². The maximum atomic E-state index is 3.80. The Labute approximate surface area is 99.8 Å². The highest BCUT2D eigenvalue weighted by atomic mass is 15.3. The van der Waals surface area contributed by atoms with Gasteiger partial charge in [0.25, 0.3) is 0 Å². The van der Waals surface area contributed by atoms with E-state index in [0.29, 0.717) is 11.0 Å². The lowest BCUT2D eigenvalue weighted by Crippen LogP contribution is -2.63. The third-order valence-electron chi connectivity index (χ3n) is 5.12. The van der Waals surface area contributed by atoms with E-state index in [4.69, 9.17) is 0 Å². The fourth-order valence-electron chi connectivity index (χ4n) is 3.21. The lowest BCUT2D eigenvalue weighted by Gasteiger charge is -2.46. The van der Waals surface area contributed by atoms with Crippen LogP contribution in [0.2, 0.25) is 0 Å². The fourth-order valence-corrected chi connectivity index (χ4v) is 3.21. The van der Waals surface area contributed by atoms with E-state index in [9.17, 15) is 0 Å². The predicted octanol–water partition coefficient (Wildman–Crippen LogP) is 2.25. The fraction of sp³-hybridized carbons (Fsp3) is 1.00. The topological polar surface area (TPSA) is 15.3 Å². The lowest BCUT2D eigenvalue weighted by molar-refractivity contribution is 0.0676. The van der Waals surface area contributed by atoms with E-state index in [1.807, 2.05) is 0 Å². The average molecular weight is 222 g/mol. The Hall–Kier alpha value is -0.0800. The molecule has 0 radical (unpaired) electrons. The second kappa shape index (κ2) is 3.46. The van der Waals surface area contributed by atoms with Crippen molar-refractivity contribution in [3.63, 3.8) is 0 Å². The first-order valence-electron chi connectivity index (χ1n) is 7.00. The van der Waals surface area contributed by atoms with Crippen LogP contribution in [0.1, 0.15) is 46.5 Å². The van der Waals surface area contributed by atoms with Gasteiger partial charge in [-0.2, -0.15) is 0 Å². The molecule has 2 heteroatoms. The summed E-state index contributed by atoms with van der Waals surface area (Å²) < 4.78 is 0. The summed E-state index contributed by atoms with van der Waals surface area (Å²) in [6.45, 7) is 11.1. The van der Waals surface area contributed by atoms with E-state index in [2.05, 4.69) is 31.0 Å². The van der Waals surface area contributed by atoms with Gasteiger partial charge in [-0.25, -0.2) is 0 Å². The summed E-state index contributed by atoms with van der Waals surface area (Å²) in [6, 6.07) is 0.726. The molecule has 0 aromatic rings. The van der Waals surface area contributed by atoms with Gasteiger partial charge in [-0.1, -0.05) is 6.92 Å². The van der Waals surface area contributed by atoms with Gasteiger partial charge in [-0.15, -0.1) is 0 Å². The quantitative estimate of drug-likeness (QED) is 0.788. The Kier molecular flexibility index (Phi) is 2.38. The molecule has 2 unspecified atom stereocenters. The molecular formula is C14H26N2. The van der Waals surface area contributed by atoms with Crippen LogP contribution in [-0.4, -0.2) is 36.1 Å². The van der Waals surface area contributed by atoms with Gasteiger partial charge in [0, 0.05) is 31.2 Å². The molecule has 3 fully saturated rings. The molecule has 3 rings (SSSR count). The Balaban J connectivity index is 1.66. The molecule has 3 aliphatic rings. The van der Waals surface area contributed by atoms with Gasteiger partial charge in [0.05, 0.1) is 0 Å². The Morgan fingerprint density at radius 3 is 2.50 bits per heavy atom. The molecule has 1 saturated heterocycles. The Morgan fingerprint density at radius 2 is 1.94 bits per heavy atom. The van der Waals surface area contributed by atoms with Gasteiger partial charge in [0.15, 0.2) is 0 Å². The minimum absolute atomic E-state index is 0.414. The standard InChI is InChI=1S/C14H26N2/c1-11-8-15-14(3,12-4-5-12)10-16(11)9-13(2)6-7-13/h11-12,15H,4-10H2,1-3H3. The van der Waals surface area contributed by atoms with Crippen molar-refractivity contribution in [2.45, 2.75) is 58.0 Å². The smallest absolute Gasteiger partial charge is 0.0309 e. The third kappa shape index (κ3) is 2.02. The van der Waals surface area contributed by atoms with Gasteiger partial charge < -0.3 is 5.32 Å². The van der Waals surface area contributed by atoms with E-state index < -0.39 is 0 Å². The van der Waals surface area contributed by atoms with Crippen LogP contribution in [0.25, 0.3) is 0 Å². The highest BCUT2D eigenvalue weighted by Gasteiger charge is 2.47. The summed E-state index contributed by atoms with van der Waals surface area (Å²) in [5.41, 5.74) is 1.08. The Morgan fingerprint density at radius 1 is 1.25 bits per heavy atom. The van der Waals surface area contributed by atoms with Crippen LogP contribution in [-0.2, 0) is 0 Å². The van der Waals surface area contributed by atoms with Crippen molar-refractivity contribution in [3.05, 3.63) is 0 Å². The molecular weight excluding hydrogens is 196 g/mol. The van der Waals surface area contributed by atoms with Crippen LogP contribution in [0.3, 0.4) is 0 Å². The lowest BCUT2D eigenvalue weighted by atomic mass is 9.90. The summed E-state index contributed by atoms with van der Waals surface area (Å²) in [5, 5.41) is 3.80. The number of nitrogens with one attached hydrogen (secondary N) is 1. The van der Waals surface area contributed by atoms with Gasteiger partial charge in [-0.05, 0) is 50.9 Å². The molecule has 1 heterocycles. The average Bonchev–Trinajstić information content (AvgIpc) is 3.07.